The van der Waals surface area contributed by atoms with Crippen molar-refractivity contribution in [3.8, 4) is 11.4 Å². The van der Waals surface area contributed by atoms with Gasteiger partial charge in [-0.05, 0) is 75.7 Å². The molecule has 0 unspecified atom stereocenters. The normalized spacial score (nSPS) is 13.5. The Morgan fingerprint density at radius 3 is 1.50 bits per heavy atom. The highest BCUT2D eigenvalue weighted by atomic mass is 16.1. The molecule has 0 bridgehead atoms. The van der Waals surface area contributed by atoms with Crippen LogP contribution in [0.1, 0.15) is 0 Å². The first-order valence-electron chi connectivity index (χ1n) is 14.9. The molecule has 5 heterocycles. The number of para-hydroxylation sites is 1. The maximum atomic E-state index is 14.6. The van der Waals surface area contributed by atoms with Gasteiger partial charge in [-0.2, -0.15) is 0 Å². The Bertz CT molecular complexity index is 2780. The van der Waals surface area contributed by atoms with Gasteiger partial charge in [-0.15, -0.1) is 0 Å². The number of pyridine rings is 2. The van der Waals surface area contributed by atoms with E-state index in [1.807, 2.05) is 57.7 Å². The minimum Gasteiger partial charge on any atom is -0.311 e. The van der Waals surface area contributed by atoms with E-state index in [1.165, 1.54) is 0 Å². The second-order valence-corrected chi connectivity index (χ2v) is 12.0. The van der Waals surface area contributed by atoms with E-state index in [0.717, 1.165) is 77.4 Å². The second-order valence-electron chi connectivity index (χ2n) is 12.0. The predicted octanol–water partition coefficient (Wildman–Crippen LogP) is 5.53. The van der Waals surface area contributed by atoms with Crippen LogP contribution >= 0.6 is 0 Å². The number of hydrogen-bond acceptors (Lipinski definition) is 3. The van der Waals surface area contributed by atoms with Crippen molar-refractivity contribution >= 4 is 83.5 Å². The minimum atomic E-state index is -0.139. The topological polar surface area (TPSA) is 47.2 Å². The standard InChI is InChI=1S/C38H20BN3O2/c43-37-26-13-6-4-12-23(26)25-18-20-31-34-36(25)41(37)29-16-8-15-28-32(29)39(34)33-30(40(28)21-9-2-1-3-10-21)19-17-24-22-11-5-7-14-27(22)38(44)42(31)35(24)33/h1-20H. The van der Waals surface area contributed by atoms with Gasteiger partial charge in [0.25, 0.3) is 17.8 Å². The molecule has 6 heteroatoms. The minimum absolute atomic E-state index is 0.0406. The molecule has 11 rings (SSSR count). The van der Waals surface area contributed by atoms with Gasteiger partial charge >= 0.3 is 0 Å². The average molecular weight is 561 g/mol. The van der Waals surface area contributed by atoms with E-state index in [4.69, 9.17) is 0 Å². The Morgan fingerprint density at radius 1 is 0.386 bits per heavy atom. The van der Waals surface area contributed by atoms with Gasteiger partial charge in [0.05, 0.1) is 11.0 Å². The number of aromatic nitrogens is 2. The molecule has 0 aliphatic carbocycles. The fraction of sp³-hybridized carbons (Fsp3) is 0. The Hall–Kier alpha value is -5.88. The maximum Gasteiger partial charge on any atom is 0.263 e. The highest BCUT2D eigenvalue weighted by Gasteiger charge is 2.47. The van der Waals surface area contributed by atoms with Crippen LogP contribution in [0.3, 0.4) is 0 Å². The first kappa shape index (κ1) is 22.7. The number of hydrogen-bond donors (Lipinski definition) is 0. The smallest absolute Gasteiger partial charge is 0.263 e. The molecule has 0 fully saturated rings. The zero-order valence-electron chi connectivity index (χ0n) is 23.3. The summed E-state index contributed by atoms with van der Waals surface area (Å²) in [5.74, 6) is 0. The molecule has 0 atom stereocenters. The maximum absolute atomic E-state index is 14.6. The van der Waals surface area contributed by atoms with Crippen molar-refractivity contribution in [2.24, 2.45) is 0 Å². The Morgan fingerprint density at radius 2 is 0.864 bits per heavy atom. The molecule has 0 N–H and O–H groups in total. The van der Waals surface area contributed by atoms with Crippen molar-refractivity contribution in [1.82, 2.24) is 9.13 Å². The van der Waals surface area contributed by atoms with Crippen LogP contribution in [-0.4, -0.2) is 15.8 Å². The zero-order chi connectivity index (χ0) is 28.8. The van der Waals surface area contributed by atoms with Gasteiger partial charge in [0.15, 0.2) is 0 Å². The summed E-state index contributed by atoms with van der Waals surface area (Å²) in [5.41, 5.74) is 9.88. The molecule has 0 amide bonds. The molecule has 8 aromatic rings. The van der Waals surface area contributed by atoms with Crippen molar-refractivity contribution in [3.63, 3.8) is 0 Å². The van der Waals surface area contributed by atoms with E-state index in [0.29, 0.717) is 10.8 Å². The predicted molar refractivity (Wildman–Crippen MR) is 181 cm³/mol. The van der Waals surface area contributed by atoms with Crippen LogP contribution in [-0.2, 0) is 0 Å². The van der Waals surface area contributed by atoms with Gasteiger partial charge in [-0.25, -0.2) is 0 Å². The number of anilines is 3. The molecule has 3 aliphatic heterocycles. The van der Waals surface area contributed by atoms with Crippen LogP contribution in [0.2, 0.25) is 0 Å². The van der Waals surface area contributed by atoms with E-state index in [2.05, 4.69) is 77.7 Å². The number of rotatable bonds is 1. The highest BCUT2D eigenvalue weighted by Crippen LogP contribution is 2.43. The summed E-state index contributed by atoms with van der Waals surface area (Å²) >= 11 is 0. The number of fused-ring (bicyclic) bond motifs is 6. The van der Waals surface area contributed by atoms with Gasteiger partial charge in [0, 0.05) is 50.0 Å². The van der Waals surface area contributed by atoms with Crippen LogP contribution in [0.4, 0.5) is 17.1 Å². The summed E-state index contributed by atoms with van der Waals surface area (Å²) in [6.07, 6.45) is 0. The van der Waals surface area contributed by atoms with Crippen molar-refractivity contribution in [1.29, 1.82) is 0 Å². The Kier molecular flexibility index (Phi) is 3.89. The van der Waals surface area contributed by atoms with Crippen molar-refractivity contribution in [3.05, 3.63) is 142 Å². The van der Waals surface area contributed by atoms with Crippen molar-refractivity contribution in [2.75, 3.05) is 4.90 Å². The average Bonchev–Trinajstić information content (AvgIpc) is 3.08. The number of benzene rings is 6. The molecule has 202 valence electrons. The zero-order valence-corrected chi connectivity index (χ0v) is 23.3. The van der Waals surface area contributed by atoms with Gasteiger partial charge < -0.3 is 4.90 Å². The molecule has 0 saturated heterocycles. The van der Waals surface area contributed by atoms with Crippen LogP contribution in [0, 0.1) is 0 Å². The summed E-state index contributed by atoms with van der Waals surface area (Å²) in [5, 5.41) is 5.34. The van der Waals surface area contributed by atoms with Crippen LogP contribution in [0.25, 0.3) is 54.7 Å². The molecule has 0 radical (unpaired) electrons. The third kappa shape index (κ3) is 2.41. The second kappa shape index (κ2) is 7.55. The lowest BCUT2D eigenvalue weighted by Gasteiger charge is -2.43. The molecule has 44 heavy (non-hydrogen) atoms. The van der Waals surface area contributed by atoms with E-state index in [-0.39, 0.29) is 17.8 Å². The van der Waals surface area contributed by atoms with Gasteiger partial charge in [0.1, 0.15) is 0 Å². The SMILES string of the molecule is O=c1c2ccccc2c2ccc3c4c2n1-c1ccc2c5ccccc5c(=O)n5c2c1B4c1c(cccc1-5)N3c1ccccc1. The number of nitrogens with zero attached hydrogens (tertiary/aromatic N) is 3. The largest absolute Gasteiger partial charge is 0.311 e. The Balaban J connectivity index is 1.47. The Labute approximate surface area is 250 Å². The lowest BCUT2D eigenvalue weighted by Crippen LogP contribution is -2.64. The van der Waals surface area contributed by atoms with Gasteiger partial charge in [-0.3, -0.25) is 18.7 Å². The fourth-order valence-electron chi connectivity index (χ4n) is 8.43. The summed E-state index contributed by atoms with van der Waals surface area (Å²) in [7, 11) is 0. The third-order valence-corrected chi connectivity index (χ3v) is 10.0. The summed E-state index contributed by atoms with van der Waals surface area (Å²) < 4.78 is 3.84. The highest BCUT2D eigenvalue weighted by molar-refractivity contribution is 7.02. The summed E-state index contributed by atoms with van der Waals surface area (Å²) in [6, 6.07) is 41.1. The van der Waals surface area contributed by atoms with Crippen molar-refractivity contribution < 1.29 is 0 Å². The molecule has 5 nitrogen and oxygen atoms in total. The molecule has 6 aromatic carbocycles. The van der Waals surface area contributed by atoms with Crippen LogP contribution in [0.15, 0.2) is 131 Å². The molecular formula is C38H20BN3O2. The molecule has 3 aliphatic rings. The first-order valence-corrected chi connectivity index (χ1v) is 14.9. The summed E-state index contributed by atoms with van der Waals surface area (Å²) in [4.78, 5) is 31.3. The molecular weight excluding hydrogens is 541 g/mol. The van der Waals surface area contributed by atoms with Gasteiger partial charge in [0.2, 0.25) is 0 Å². The third-order valence-electron chi connectivity index (χ3n) is 10.0. The van der Waals surface area contributed by atoms with E-state index < -0.39 is 0 Å². The lowest BCUT2D eigenvalue weighted by molar-refractivity contribution is 1.04. The van der Waals surface area contributed by atoms with Crippen LogP contribution in [0.5, 0.6) is 0 Å². The van der Waals surface area contributed by atoms with Crippen LogP contribution < -0.4 is 32.4 Å². The monoisotopic (exact) mass is 561 g/mol. The van der Waals surface area contributed by atoms with Crippen molar-refractivity contribution in [2.45, 2.75) is 0 Å². The van der Waals surface area contributed by atoms with E-state index in [9.17, 15) is 9.59 Å². The molecule has 2 aromatic heterocycles. The first-order chi connectivity index (χ1) is 21.7. The fourth-order valence-corrected chi connectivity index (χ4v) is 8.43. The van der Waals surface area contributed by atoms with Gasteiger partial charge in [-0.1, -0.05) is 72.8 Å². The summed E-state index contributed by atoms with van der Waals surface area (Å²) in [6.45, 7) is -0.139. The molecule has 0 spiro atoms. The molecule has 0 saturated carbocycles. The quantitative estimate of drug-likeness (QED) is 0.196. The van der Waals surface area contributed by atoms with E-state index >= 15 is 0 Å². The van der Waals surface area contributed by atoms with E-state index in [1.54, 1.807) is 0 Å². The lowest BCUT2D eigenvalue weighted by atomic mass is 9.32.